The topological polar surface area (TPSA) is 15.3 Å². The lowest BCUT2D eigenvalue weighted by molar-refractivity contribution is 0.131. The molecule has 2 rings (SSSR count). The average molecular weight is 196 g/mol. The smallest absolute Gasteiger partial charge is 0.0195 e. The fourth-order valence-electron chi connectivity index (χ4n) is 2.98. The number of rotatable bonds is 3. The Balaban J connectivity index is 1.84. The van der Waals surface area contributed by atoms with Crippen LogP contribution in [-0.4, -0.2) is 36.6 Å². The van der Waals surface area contributed by atoms with Crippen LogP contribution in [0.5, 0.6) is 0 Å². The summed E-state index contributed by atoms with van der Waals surface area (Å²) in [7, 11) is 2.31. The van der Waals surface area contributed by atoms with E-state index in [-0.39, 0.29) is 0 Å². The molecule has 0 aromatic heterocycles. The Labute approximate surface area is 88.1 Å². The molecule has 0 spiro atoms. The minimum Gasteiger partial charge on any atom is -0.313 e. The number of hydrogen-bond acceptors (Lipinski definition) is 2. The molecular weight excluding hydrogens is 172 g/mol. The molecule has 2 heteroatoms. The zero-order valence-electron chi connectivity index (χ0n) is 9.68. The fourth-order valence-corrected chi connectivity index (χ4v) is 2.98. The van der Waals surface area contributed by atoms with Crippen molar-refractivity contribution in [2.45, 2.75) is 57.0 Å². The Kier molecular flexibility index (Phi) is 3.13. The summed E-state index contributed by atoms with van der Waals surface area (Å²) in [6.45, 7) is 4.92. The van der Waals surface area contributed by atoms with Crippen molar-refractivity contribution in [1.29, 1.82) is 0 Å². The largest absolute Gasteiger partial charge is 0.313 e. The predicted molar refractivity (Wildman–Crippen MR) is 60.5 cm³/mol. The Hall–Kier alpha value is -0.0800. The van der Waals surface area contributed by atoms with Crippen LogP contribution in [0, 0.1) is 0 Å². The molecule has 14 heavy (non-hydrogen) atoms. The highest BCUT2D eigenvalue weighted by atomic mass is 15.2. The van der Waals surface area contributed by atoms with E-state index in [1.54, 1.807) is 0 Å². The van der Waals surface area contributed by atoms with E-state index in [2.05, 4.69) is 24.2 Å². The first-order chi connectivity index (χ1) is 6.71. The van der Waals surface area contributed by atoms with Crippen molar-refractivity contribution in [2.75, 3.05) is 20.1 Å². The Bertz CT molecular complexity index is 179. The van der Waals surface area contributed by atoms with Gasteiger partial charge >= 0.3 is 0 Å². The molecule has 1 N–H and O–H groups in total. The Morgan fingerprint density at radius 1 is 1.29 bits per heavy atom. The number of likely N-dealkylation sites (N-methyl/N-ethyl adjacent to an activating group) is 1. The van der Waals surface area contributed by atoms with Crippen LogP contribution in [0.3, 0.4) is 0 Å². The standard InChI is InChI=1S/C12H24N2/c1-12(7-3-4-8-12)14(2)10-11-6-5-9-13-11/h11,13H,3-10H2,1-2H3/t11-/m0/s1. The summed E-state index contributed by atoms with van der Waals surface area (Å²) in [4.78, 5) is 2.60. The summed E-state index contributed by atoms with van der Waals surface area (Å²) in [5.41, 5.74) is 0.504. The minimum absolute atomic E-state index is 0.504. The summed E-state index contributed by atoms with van der Waals surface area (Å²) in [5, 5.41) is 3.59. The number of nitrogens with one attached hydrogen (secondary N) is 1. The Morgan fingerprint density at radius 3 is 2.57 bits per heavy atom. The van der Waals surface area contributed by atoms with Crippen LogP contribution in [-0.2, 0) is 0 Å². The molecular formula is C12H24N2. The van der Waals surface area contributed by atoms with Gasteiger partial charge in [0.1, 0.15) is 0 Å². The normalized spacial score (nSPS) is 31.5. The van der Waals surface area contributed by atoms with Crippen molar-refractivity contribution in [3.05, 3.63) is 0 Å². The van der Waals surface area contributed by atoms with E-state index in [0.29, 0.717) is 5.54 Å². The highest BCUT2D eigenvalue weighted by Crippen LogP contribution is 2.34. The molecule has 1 atom stereocenters. The van der Waals surface area contributed by atoms with Crippen molar-refractivity contribution in [3.8, 4) is 0 Å². The third kappa shape index (κ3) is 2.12. The van der Waals surface area contributed by atoms with Gasteiger partial charge in [0, 0.05) is 18.1 Å². The van der Waals surface area contributed by atoms with Crippen molar-refractivity contribution < 1.29 is 0 Å². The van der Waals surface area contributed by atoms with Gasteiger partial charge in [-0.15, -0.1) is 0 Å². The van der Waals surface area contributed by atoms with Gasteiger partial charge in [-0.1, -0.05) is 12.8 Å². The van der Waals surface area contributed by atoms with E-state index in [1.807, 2.05) is 0 Å². The quantitative estimate of drug-likeness (QED) is 0.743. The van der Waals surface area contributed by atoms with Crippen molar-refractivity contribution >= 4 is 0 Å². The zero-order valence-corrected chi connectivity index (χ0v) is 9.68. The summed E-state index contributed by atoms with van der Waals surface area (Å²) in [6.07, 6.45) is 8.40. The monoisotopic (exact) mass is 196 g/mol. The maximum Gasteiger partial charge on any atom is 0.0195 e. The first-order valence-electron chi connectivity index (χ1n) is 6.15. The molecule has 0 radical (unpaired) electrons. The molecule has 1 saturated carbocycles. The Morgan fingerprint density at radius 2 is 2.00 bits per heavy atom. The molecule has 1 aliphatic heterocycles. The lowest BCUT2D eigenvalue weighted by atomic mass is 9.98. The molecule has 82 valence electrons. The molecule has 0 unspecified atom stereocenters. The van der Waals surface area contributed by atoms with Gasteiger partial charge < -0.3 is 5.32 Å². The van der Waals surface area contributed by atoms with Crippen LogP contribution < -0.4 is 5.32 Å². The summed E-state index contributed by atoms with van der Waals surface area (Å²) < 4.78 is 0. The van der Waals surface area contributed by atoms with Crippen LogP contribution in [0.2, 0.25) is 0 Å². The van der Waals surface area contributed by atoms with E-state index in [0.717, 1.165) is 6.04 Å². The van der Waals surface area contributed by atoms with E-state index >= 15 is 0 Å². The molecule has 2 aliphatic rings. The number of nitrogens with zero attached hydrogens (tertiary/aromatic N) is 1. The zero-order chi connectivity index (χ0) is 10.0. The fraction of sp³-hybridized carbons (Fsp3) is 1.00. The average Bonchev–Trinajstić information content (AvgIpc) is 2.76. The molecule has 2 nitrogen and oxygen atoms in total. The highest BCUT2D eigenvalue weighted by molar-refractivity contribution is 4.91. The van der Waals surface area contributed by atoms with Gasteiger partial charge in [-0.2, -0.15) is 0 Å². The molecule has 1 saturated heterocycles. The van der Waals surface area contributed by atoms with Gasteiger partial charge in [0.15, 0.2) is 0 Å². The second kappa shape index (κ2) is 4.19. The van der Waals surface area contributed by atoms with Gasteiger partial charge in [-0.05, 0) is 46.2 Å². The van der Waals surface area contributed by atoms with Gasteiger partial charge in [0.25, 0.3) is 0 Å². The predicted octanol–water partition coefficient (Wildman–Crippen LogP) is 2.00. The SMILES string of the molecule is CN(C[C@@H]1CCCN1)C1(C)CCCC1. The van der Waals surface area contributed by atoms with Crippen LogP contribution >= 0.6 is 0 Å². The second-order valence-electron chi connectivity index (χ2n) is 5.38. The van der Waals surface area contributed by atoms with Crippen LogP contribution in [0.15, 0.2) is 0 Å². The second-order valence-corrected chi connectivity index (χ2v) is 5.38. The number of hydrogen-bond donors (Lipinski definition) is 1. The molecule has 0 bridgehead atoms. The molecule has 2 fully saturated rings. The first-order valence-corrected chi connectivity index (χ1v) is 6.15. The molecule has 0 aromatic rings. The molecule has 1 aliphatic carbocycles. The van der Waals surface area contributed by atoms with Gasteiger partial charge in [0.05, 0.1) is 0 Å². The summed E-state index contributed by atoms with van der Waals surface area (Å²) in [6, 6.07) is 0.762. The molecule has 1 heterocycles. The van der Waals surface area contributed by atoms with Crippen molar-refractivity contribution in [3.63, 3.8) is 0 Å². The van der Waals surface area contributed by atoms with E-state index in [9.17, 15) is 0 Å². The van der Waals surface area contributed by atoms with Crippen molar-refractivity contribution in [1.82, 2.24) is 10.2 Å². The third-order valence-electron chi connectivity index (χ3n) is 4.26. The first kappa shape index (κ1) is 10.4. The van der Waals surface area contributed by atoms with Crippen LogP contribution in [0.25, 0.3) is 0 Å². The van der Waals surface area contributed by atoms with Crippen LogP contribution in [0.4, 0.5) is 0 Å². The van der Waals surface area contributed by atoms with Crippen LogP contribution in [0.1, 0.15) is 45.4 Å². The van der Waals surface area contributed by atoms with E-state index in [4.69, 9.17) is 0 Å². The maximum atomic E-state index is 3.59. The lowest BCUT2D eigenvalue weighted by Crippen LogP contribution is -2.47. The molecule has 0 aromatic carbocycles. The summed E-state index contributed by atoms with van der Waals surface area (Å²) in [5.74, 6) is 0. The maximum absolute atomic E-state index is 3.59. The van der Waals surface area contributed by atoms with Gasteiger partial charge in [-0.25, -0.2) is 0 Å². The third-order valence-corrected chi connectivity index (χ3v) is 4.26. The summed E-state index contributed by atoms with van der Waals surface area (Å²) >= 11 is 0. The van der Waals surface area contributed by atoms with Gasteiger partial charge in [-0.3, -0.25) is 4.90 Å². The van der Waals surface area contributed by atoms with E-state index in [1.165, 1.54) is 51.6 Å². The molecule has 0 amide bonds. The van der Waals surface area contributed by atoms with Gasteiger partial charge in [0.2, 0.25) is 0 Å². The minimum atomic E-state index is 0.504. The van der Waals surface area contributed by atoms with E-state index < -0.39 is 0 Å². The van der Waals surface area contributed by atoms with Crippen molar-refractivity contribution in [2.24, 2.45) is 0 Å². The lowest BCUT2D eigenvalue weighted by Gasteiger charge is -2.37. The highest BCUT2D eigenvalue weighted by Gasteiger charge is 2.33.